The summed E-state index contributed by atoms with van der Waals surface area (Å²) in [5, 5.41) is 28.4. The monoisotopic (exact) mass is 482 g/mol. The molecular formula is C28H22N2O6. The van der Waals surface area contributed by atoms with Gasteiger partial charge >= 0.3 is 0 Å². The predicted molar refractivity (Wildman–Crippen MR) is 136 cm³/mol. The average Bonchev–Trinajstić information content (AvgIpc) is 2.90. The first-order chi connectivity index (χ1) is 17.5. The molecule has 36 heavy (non-hydrogen) atoms. The molecule has 0 unspecified atom stereocenters. The third-order valence-electron chi connectivity index (χ3n) is 5.99. The molecule has 180 valence electrons. The molecule has 0 atom stereocenters. The Labute approximate surface area is 206 Å². The van der Waals surface area contributed by atoms with Crippen molar-refractivity contribution in [3.8, 4) is 23.0 Å². The van der Waals surface area contributed by atoms with Gasteiger partial charge in [0.25, 0.3) is 0 Å². The Morgan fingerprint density at radius 1 is 0.611 bits per heavy atom. The van der Waals surface area contributed by atoms with Crippen molar-refractivity contribution in [3.63, 3.8) is 0 Å². The normalized spacial score (nSPS) is 11.9. The topological polar surface area (TPSA) is 117 Å². The Morgan fingerprint density at radius 2 is 1.17 bits per heavy atom. The molecule has 0 amide bonds. The maximum Gasteiger partial charge on any atom is 0.202 e. The van der Waals surface area contributed by atoms with Gasteiger partial charge in [0.05, 0.1) is 36.5 Å². The second-order valence-electron chi connectivity index (χ2n) is 8.06. The lowest BCUT2D eigenvalue weighted by Crippen LogP contribution is -2.24. The van der Waals surface area contributed by atoms with E-state index in [1.807, 2.05) is 36.4 Å². The SMILES string of the molecule is COc1ccc(O)c2c1C(=O)c1c(O)c(Nc3ccccc3)c(Nc3ccccc3)c(OC)c1C2=O. The number of methoxy groups -OCH3 is 2. The van der Waals surface area contributed by atoms with E-state index < -0.39 is 17.3 Å². The van der Waals surface area contributed by atoms with Crippen LogP contribution < -0.4 is 20.1 Å². The van der Waals surface area contributed by atoms with Gasteiger partial charge in [-0.3, -0.25) is 9.59 Å². The fraction of sp³-hybridized carbons (Fsp3) is 0.0714. The molecule has 0 fully saturated rings. The molecule has 4 N–H and O–H groups in total. The van der Waals surface area contributed by atoms with Crippen molar-refractivity contribution in [2.45, 2.75) is 0 Å². The number of hydrogen-bond donors (Lipinski definition) is 4. The molecule has 0 aromatic heterocycles. The minimum absolute atomic E-state index is 0.0382. The zero-order valence-corrected chi connectivity index (χ0v) is 19.5. The van der Waals surface area contributed by atoms with Crippen LogP contribution in [0.5, 0.6) is 23.0 Å². The summed E-state index contributed by atoms with van der Waals surface area (Å²) < 4.78 is 11.0. The summed E-state index contributed by atoms with van der Waals surface area (Å²) >= 11 is 0. The lowest BCUT2D eigenvalue weighted by Gasteiger charge is -2.27. The number of benzene rings is 4. The number of rotatable bonds is 6. The third-order valence-corrected chi connectivity index (χ3v) is 5.99. The number of ketones is 2. The number of anilines is 4. The summed E-state index contributed by atoms with van der Waals surface area (Å²) in [4.78, 5) is 27.5. The molecule has 0 aliphatic heterocycles. The van der Waals surface area contributed by atoms with Crippen LogP contribution in [0.3, 0.4) is 0 Å². The molecule has 1 aliphatic rings. The van der Waals surface area contributed by atoms with E-state index in [1.54, 1.807) is 24.3 Å². The minimum Gasteiger partial charge on any atom is -0.507 e. The first-order valence-electron chi connectivity index (χ1n) is 11.1. The Hall–Kier alpha value is -4.98. The quantitative estimate of drug-likeness (QED) is 0.239. The van der Waals surface area contributed by atoms with Crippen molar-refractivity contribution in [1.82, 2.24) is 0 Å². The highest BCUT2D eigenvalue weighted by atomic mass is 16.5. The first kappa shape index (κ1) is 22.8. The minimum atomic E-state index is -0.675. The lowest BCUT2D eigenvalue weighted by molar-refractivity contribution is 0.0969. The molecule has 0 bridgehead atoms. The van der Waals surface area contributed by atoms with Gasteiger partial charge in [-0.15, -0.1) is 0 Å². The number of para-hydroxylation sites is 2. The average molecular weight is 482 g/mol. The van der Waals surface area contributed by atoms with Crippen molar-refractivity contribution in [3.05, 3.63) is 95.1 Å². The third kappa shape index (κ3) is 3.56. The van der Waals surface area contributed by atoms with Crippen LogP contribution in [-0.2, 0) is 0 Å². The van der Waals surface area contributed by atoms with E-state index in [2.05, 4.69) is 10.6 Å². The highest BCUT2D eigenvalue weighted by Crippen LogP contribution is 2.52. The van der Waals surface area contributed by atoms with Crippen molar-refractivity contribution < 1.29 is 29.3 Å². The molecule has 0 radical (unpaired) electrons. The second-order valence-corrected chi connectivity index (χ2v) is 8.06. The van der Waals surface area contributed by atoms with Crippen molar-refractivity contribution in [2.75, 3.05) is 24.9 Å². The molecule has 0 spiro atoms. The van der Waals surface area contributed by atoms with E-state index in [9.17, 15) is 19.8 Å². The number of fused-ring (bicyclic) bond motifs is 2. The van der Waals surface area contributed by atoms with E-state index in [4.69, 9.17) is 9.47 Å². The van der Waals surface area contributed by atoms with E-state index in [-0.39, 0.29) is 50.9 Å². The fourth-order valence-corrected chi connectivity index (χ4v) is 4.38. The van der Waals surface area contributed by atoms with Crippen molar-refractivity contribution >= 4 is 34.3 Å². The molecule has 0 saturated heterocycles. The van der Waals surface area contributed by atoms with Crippen LogP contribution in [-0.4, -0.2) is 36.0 Å². The van der Waals surface area contributed by atoms with Gasteiger partial charge in [0.1, 0.15) is 22.9 Å². The second kappa shape index (κ2) is 8.99. The number of carbonyl (C=O) groups is 2. The number of hydrogen-bond acceptors (Lipinski definition) is 8. The molecule has 1 aliphatic carbocycles. The number of phenols is 2. The number of phenolic OH excluding ortho intramolecular Hbond substituents is 2. The van der Waals surface area contributed by atoms with Crippen molar-refractivity contribution in [1.29, 1.82) is 0 Å². The van der Waals surface area contributed by atoms with Crippen LogP contribution in [0, 0.1) is 0 Å². The van der Waals surface area contributed by atoms with E-state index in [0.717, 1.165) is 0 Å². The van der Waals surface area contributed by atoms with Crippen molar-refractivity contribution in [2.24, 2.45) is 0 Å². The Morgan fingerprint density at radius 3 is 1.72 bits per heavy atom. The number of ether oxygens (including phenoxy) is 2. The van der Waals surface area contributed by atoms with Crippen LogP contribution in [0.4, 0.5) is 22.7 Å². The summed E-state index contributed by atoms with van der Waals surface area (Å²) in [5.74, 6) is -2.02. The maximum absolute atomic E-state index is 13.7. The summed E-state index contributed by atoms with van der Waals surface area (Å²) in [7, 11) is 2.73. The van der Waals surface area contributed by atoms with E-state index in [0.29, 0.717) is 11.4 Å². The molecule has 0 heterocycles. The Balaban J connectivity index is 1.82. The zero-order valence-electron chi connectivity index (χ0n) is 19.5. The summed E-state index contributed by atoms with van der Waals surface area (Å²) in [5.41, 5.74) is 0.946. The zero-order chi connectivity index (χ0) is 25.4. The summed E-state index contributed by atoms with van der Waals surface area (Å²) in [6.45, 7) is 0. The standard InChI is InChI=1S/C28H22N2O6/c1-35-18-14-13-17(31)19-20(18)26(33)21-22(25(19)32)28(36-2)24(30-16-11-7-4-8-12-16)23(27(21)34)29-15-9-5-3-6-10-15/h3-14,29-31,34H,1-2H3. The summed E-state index contributed by atoms with van der Waals surface area (Å²) in [6.07, 6.45) is 0. The van der Waals surface area contributed by atoms with Gasteiger partial charge < -0.3 is 30.3 Å². The van der Waals surface area contributed by atoms with Gasteiger partial charge in [-0.25, -0.2) is 0 Å². The maximum atomic E-state index is 13.7. The van der Waals surface area contributed by atoms with Crippen LogP contribution in [0.1, 0.15) is 31.8 Å². The molecule has 8 heteroatoms. The van der Waals surface area contributed by atoms with Crippen LogP contribution >= 0.6 is 0 Å². The van der Waals surface area contributed by atoms with E-state index >= 15 is 0 Å². The van der Waals surface area contributed by atoms with Crippen LogP contribution in [0.15, 0.2) is 72.8 Å². The lowest BCUT2D eigenvalue weighted by atomic mass is 9.81. The number of nitrogens with one attached hydrogen (secondary N) is 2. The highest BCUT2D eigenvalue weighted by Gasteiger charge is 2.41. The Bertz CT molecular complexity index is 1500. The number of aromatic hydroxyl groups is 2. The van der Waals surface area contributed by atoms with Gasteiger partial charge in [-0.1, -0.05) is 36.4 Å². The largest absolute Gasteiger partial charge is 0.507 e. The van der Waals surface area contributed by atoms with E-state index in [1.165, 1.54) is 26.4 Å². The van der Waals surface area contributed by atoms with Crippen LogP contribution in [0.2, 0.25) is 0 Å². The van der Waals surface area contributed by atoms with Gasteiger partial charge in [0.15, 0.2) is 11.5 Å². The molecule has 8 nitrogen and oxygen atoms in total. The highest BCUT2D eigenvalue weighted by molar-refractivity contribution is 6.33. The van der Waals surface area contributed by atoms with Gasteiger partial charge in [0.2, 0.25) is 11.6 Å². The Kier molecular flexibility index (Phi) is 5.69. The first-order valence-corrected chi connectivity index (χ1v) is 11.1. The molecule has 4 aromatic rings. The predicted octanol–water partition coefficient (Wildman–Crippen LogP) is 5.38. The molecule has 0 saturated carbocycles. The smallest absolute Gasteiger partial charge is 0.202 e. The van der Waals surface area contributed by atoms with Gasteiger partial charge in [-0.2, -0.15) is 0 Å². The van der Waals surface area contributed by atoms with Gasteiger partial charge in [0, 0.05) is 11.4 Å². The number of carbonyl (C=O) groups excluding carboxylic acids is 2. The fourth-order valence-electron chi connectivity index (χ4n) is 4.38. The molecular weight excluding hydrogens is 460 g/mol. The molecule has 5 rings (SSSR count). The van der Waals surface area contributed by atoms with Crippen LogP contribution in [0.25, 0.3) is 0 Å². The molecule has 4 aromatic carbocycles. The summed E-state index contributed by atoms with van der Waals surface area (Å²) in [6, 6.07) is 20.9. The van der Waals surface area contributed by atoms with Gasteiger partial charge in [-0.05, 0) is 36.4 Å².